The first-order chi connectivity index (χ1) is 13.6. The van der Waals surface area contributed by atoms with Gasteiger partial charge in [-0.2, -0.15) is 0 Å². The van der Waals surface area contributed by atoms with Gasteiger partial charge in [-0.05, 0) is 61.2 Å². The molecule has 28 heavy (non-hydrogen) atoms. The highest BCUT2D eigenvalue weighted by molar-refractivity contribution is 6.30. The van der Waals surface area contributed by atoms with Crippen LogP contribution in [0, 0.1) is 11.8 Å². The Morgan fingerprint density at radius 1 is 0.929 bits per heavy atom. The average molecular weight is 398 g/mol. The first-order valence-electron chi connectivity index (χ1n) is 9.78. The normalized spacial score (nSPS) is 20.7. The molecule has 2 N–H and O–H groups in total. The predicted octanol–water partition coefficient (Wildman–Crippen LogP) is 3.83. The molecular weight excluding hydrogens is 374 g/mol. The van der Waals surface area contributed by atoms with Gasteiger partial charge in [-0.3, -0.25) is 9.59 Å². The van der Waals surface area contributed by atoms with Gasteiger partial charge in [0.1, 0.15) is 0 Å². The number of halogens is 1. The van der Waals surface area contributed by atoms with Crippen molar-refractivity contribution in [2.75, 3.05) is 23.3 Å². The van der Waals surface area contributed by atoms with Gasteiger partial charge in [-0.15, -0.1) is 0 Å². The molecule has 1 heterocycles. The molecule has 1 saturated carbocycles. The van der Waals surface area contributed by atoms with Crippen LogP contribution in [0.25, 0.3) is 0 Å². The van der Waals surface area contributed by atoms with Crippen molar-refractivity contribution in [3.05, 3.63) is 59.1 Å². The van der Waals surface area contributed by atoms with Crippen molar-refractivity contribution in [3.63, 3.8) is 0 Å². The zero-order chi connectivity index (χ0) is 19.5. The van der Waals surface area contributed by atoms with E-state index in [4.69, 9.17) is 11.6 Å². The highest BCUT2D eigenvalue weighted by Crippen LogP contribution is 2.39. The van der Waals surface area contributed by atoms with Crippen LogP contribution in [0.5, 0.6) is 0 Å². The van der Waals surface area contributed by atoms with Crippen molar-refractivity contribution in [1.29, 1.82) is 0 Å². The van der Waals surface area contributed by atoms with Gasteiger partial charge in [-0.1, -0.05) is 23.7 Å². The molecule has 1 saturated heterocycles. The molecule has 1 aliphatic carbocycles. The molecule has 2 aromatic rings. The van der Waals surface area contributed by atoms with E-state index in [1.165, 1.54) is 18.5 Å². The Morgan fingerprint density at radius 2 is 1.57 bits per heavy atom. The summed E-state index contributed by atoms with van der Waals surface area (Å²) in [6, 6.07) is 15.3. The molecule has 146 valence electrons. The summed E-state index contributed by atoms with van der Waals surface area (Å²) in [6.45, 7) is 2.64. The molecule has 4 rings (SSSR count). The van der Waals surface area contributed by atoms with Crippen LogP contribution in [-0.4, -0.2) is 24.9 Å². The van der Waals surface area contributed by atoms with Crippen molar-refractivity contribution in [3.8, 4) is 0 Å². The number of nitrogens with one attached hydrogen (secondary N) is 2. The first-order valence-corrected chi connectivity index (χ1v) is 10.2. The van der Waals surface area contributed by atoms with E-state index in [2.05, 4.69) is 15.5 Å². The quantitative estimate of drug-likeness (QED) is 0.778. The Hall–Kier alpha value is -2.53. The number of rotatable bonds is 6. The third-order valence-electron chi connectivity index (χ3n) is 5.45. The molecule has 1 aliphatic heterocycles. The Kier molecular flexibility index (Phi) is 5.53. The van der Waals surface area contributed by atoms with E-state index in [9.17, 15) is 9.59 Å². The summed E-state index contributed by atoms with van der Waals surface area (Å²) in [5.74, 6) is -0.639. The molecule has 5 nitrogen and oxygen atoms in total. The van der Waals surface area contributed by atoms with E-state index in [1.54, 1.807) is 12.1 Å². The van der Waals surface area contributed by atoms with E-state index >= 15 is 0 Å². The van der Waals surface area contributed by atoms with E-state index in [1.807, 2.05) is 36.4 Å². The number of amides is 2. The van der Waals surface area contributed by atoms with Gasteiger partial charge in [0.15, 0.2) is 0 Å². The summed E-state index contributed by atoms with van der Waals surface area (Å²) >= 11 is 5.86. The van der Waals surface area contributed by atoms with Gasteiger partial charge in [-0.25, -0.2) is 0 Å². The third-order valence-corrected chi connectivity index (χ3v) is 5.70. The molecule has 2 unspecified atom stereocenters. The number of hydrogen-bond donors (Lipinski definition) is 2. The average Bonchev–Trinajstić information content (AvgIpc) is 3.33. The van der Waals surface area contributed by atoms with E-state index in [-0.39, 0.29) is 23.7 Å². The minimum Gasteiger partial charge on any atom is -0.372 e. The molecule has 2 amide bonds. The van der Waals surface area contributed by atoms with Crippen LogP contribution < -0.4 is 15.5 Å². The van der Waals surface area contributed by atoms with Gasteiger partial charge in [0, 0.05) is 36.0 Å². The lowest BCUT2D eigenvalue weighted by atomic mass is 10.2. The fourth-order valence-electron chi connectivity index (χ4n) is 3.66. The van der Waals surface area contributed by atoms with Crippen molar-refractivity contribution >= 4 is 34.8 Å². The van der Waals surface area contributed by atoms with E-state index in [0.29, 0.717) is 18.0 Å². The van der Waals surface area contributed by atoms with Crippen LogP contribution in [0.15, 0.2) is 48.5 Å². The number of hydrogen-bond acceptors (Lipinski definition) is 3. The van der Waals surface area contributed by atoms with Gasteiger partial charge >= 0.3 is 0 Å². The number of nitrogens with zero attached hydrogens (tertiary/aromatic N) is 1. The third kappa shape index (κ3) is 4.47. The molecule has 2 atom stereocenters. The van der Waals surface area contributed by atoms with Crippen molar-refractivity contribution in [1.82, 2.24) is 5.32 Å². The number of carbonyl (C=O) groups is 2. The van der Waals surface area contributed by atoms with Gasteiger partial charge in [0.05, 0.1) is 11.8 Å². The summed E-state index contributed by atoms with van der Waals surface area (Å²) < 4.78 is 0. The summed E-state index contributed by atoms with van der Waals surface area (Å²) in [7, 11) is 0. The lowest BCUT2D eigenvalue weighted by Crippen LogP contribution is -2.27. The van der Waals surface area contributed by atoms with Crippen molar-refractivity contribution in [2.45, 2.75) is 25.8 Å². The SMILES string of the molecule is O=C(NCc1ccc(Cl)cc1)C1CC1C(=O)Nc1ccc(N2CCCC2)cc1. The maximum absolute atomic E-state index is 12.4. The summed E-state index contributed by atoms with van der Waals surface area (Å²) in [6.07, 6.45) is 3.08. The van der Waals surface area contributed by atoms with Crippen molar-refractivity contribution in [2.24, 2.45) is 11.8 Å². The Morgan fingerprint density at radius 3 is 2.25 bits per heavy atom. The molecule has 2 fully saturated rings. The van der Waals surface area contributed by atoms with Crippen LogP contribution in [0.1, 0.15) is 24.8 Å². The van der Waals surface area contributed by atoms with Gasteiger partial charge in [0.2, 0.25) is 11.8 Å². The molecule has 0 radical (unpaired) electrons. The number of carbonyl (C=O) groups excluding carboxylic acids is 2. The standard InChI is InChI=1S/C22H24ClN3O2/c23-16-5-3-15(4-6-16)14-24-21(27)19-13-20(19)22(28)25-17-7-9-18(10-8-17)26-11-1-2-12-26/h3-10,19-20H,1-2,11-14H2,(H,24,27)(H,25,28). The number of benzene rings is 2. The van der Waals surface area contributed by atoms with Gasteiger partial charge < -0.3 is 15.5 Å². The van der Waals surface area contributed by atoms with Gasteiger partial charge in [0.25, 0.3) is 0 Å². The maximum Gasteiger partial charge on any atom is 0.228 e. The summed E-state index contributed by atoms with van der Waals surface area (Å²) in [5.41, 5.74) is 2.96. The molecule has 2 aliphatic rings. The minimum atomic E-state index is -0.247. The topological polar surface area (TPSA) is 61.4 Å². The molecule has 0 spiro atoms. The van der Waals surface area contributed by atoms with E-state index < -0.39 is 0 Å². The predicted molar refractivity (Wildman–Crippen MR) is 111 cm³/mol. The highest BCUT2D eigenvalue weighted by Gasteiger charge is 2.47. The molecular formula is C22H24ClN3O2. The molecule has 0 aromatic heterocycles. The molecule has 2 aromatic carbocycles. The summed E-state index contributed by atoms with van der Waals surface area (Å²) in [4.78, 5) is 27.1. The maximum atomic E-state index is 12.4. The highest BCUT2D eigenvalue weighted by atomic mass is 35.5. The lowest BCUT2D eigenvalue weighted by Gasteiger charge is -2.17. The zero-order valence-electron chi connectivity index (χ0n) is 15.7. The zero-order valence-corrected chi connectivity index (χ0v) is 16.4. The fourth-order valence-corrected chi connectivity index (χ4v) is 3.79. The van der Waals surface area contributed by atoms with Crippen molar-refractivity contribution < 1.29 is 9.59 Å². The van der Waals surface area contributed by atoms with Crippen LogP contribution in [-0.2, 0) is 16.1 Å². The second-order valence-corrected chi connectivity index (χ2v) is 7.96. The van der Waals surface area contributed by atoms with Crippen LogP contribution in [0.2, 0.25) is 5.02 Å². The largest absolute Gasteiger partial charge is 0.372 e. The molecule has 6 heteroatoms. The first kappa shape index (κ1) is 18.8. The smallest absolute Gasteiger partial charge is 0.228 e. The van der Waals surface area contributed by atoms with Crippen LogP contribution >= 0.6 is 11.6 Å². The van der Waals surface area contributed by atoms with Crippen LogP contribution in [0.3, 0.4) is 0 Å². The monoisotopic (exact) mass is 397 g/mol. The molecule has 0 bridgehead atoms. The van der Waals surface area contributed by atoms with E-state index in [0.717, 1.165) is 24.3 Å². The lowest BCUT2D eigenvalue weighted by molar-refractivity contribution is -0.125. The fraction of sp³-hybridized carbons (Fsp3) is 0.364. The second kappa shape index (κ2) is 8.23. The Labute approximate surface area is 170 Å². The van der Waals surface area contributed by atoms with Crippen LogP contribution in [0.4, 0.5) is 11.4 Å². The summed E-state index contributed by atoms with van der Waals surface area (Å²) in [5, 5.41) is 6.50. The minimum absolute atomic E-state index is 0.0699. The number of anilines is 2. The Bertz CT molecular complexity index is 845. The second-order valence-electron chi connectivity index (χ2n) is 7.52. The Balaban J connectivity index is 1.24.